The summed E-state index contributed by atoms with van der Waals surface area (Å²) in [7, 11) is 1.74. The molecule has 0 aromatic rings. The van der Waals surface area contributed by atoms with Crippen LogP contribution in [0, 0.1) is 5.41 Å². The molecule has 1 saturated carbocycles. The lowest BCUT2D eigenvalue weighted by molar-refractivity contribution is 0.0148. The van der Waals surface area contributed by atoms with Crippen molar-refractivity contribution < 1.29 is 14.3 Å². The van der Waals surface area contributed by atoms with E-state index in [2.05, 4.69) is 10.6 Å². The molecule has 5 heteroatoms. The molecule has 3 fully saturated rings. The van der Waals surface area contributed by atoms with E-state index in [0.29, 0.717) is 12.0 Å². The van der Waals surface area contributed by atoms with Gasteiger partial charge in [-0.25, -0.2) is 4.79 Å². The number of fused-ring (bicyclic) bond motifs is 1. The van der Waals surface area contributed by atoms with Crippen molar-refractivity contribution in [1.29, 1.82) is 0 Å². The van der Waals surface area contributed by atoms with Crippen LogP contribution in [-0.2, 0) is 9.47 Å². The third-order valence-corrected chi connectivity index (χ3v) is 3.69. The van der Waals surface area contributed by atoms with E-state index in [1.807, 2.05) is 20.8 Å². The van der Waals surface area contributed by atoms with Crippen LogP contribution in [0.4, 0.5) is 4.79 Å². The van der Waals surface area contributed by atoms with Crippen LogP contribution in [0.5, 0.6) is 0 Å². The number of methoxy groups -OCH3 is 1. The monoisotopic (exact) mass is 256 g/mol. The maximum Gasteiger partial charge on any atom is 0.407 e. The Morgan fingerprint density at radius 3 is 2.61 bits per heavy atom. The Bertz CT molecular complexity index is 330. The molecule has 3 rings (SSSR count). The van der Waals surface area contributed by atoms with Crippen LogP contribution < -0.4 is 10.6 Å². The average Bonchev–Trinajstić information content (AvgIpc) is 2.68. The highest BCUT2D eigenvalue weighted by molar-refractivity contribution is 5.67. The maximum absolute atomic E-state index is 11.6. The van der Waals surface area contributed by atoms with Crippen LogP contribution in [0.1, 0.15) is 33.6 Å². The lowest BCUT2D eigenvalue weighted by atomic mass is 9.62. The quantitative estimate of drug-likeness (QED) is 0.795. The van der Waals surface area contributed by atoms with Crippen LogP contribution >= 0.6 is 0 Å². The zero-order chi connectivity index (χ0) is 13.4. The second kappa shape index (κ2) is 4.38. The molecule has 2 bridgehead atoms. The van der Waals surface area contributed by atoms with Gasteiger partial charge in [0.25, 0.3) is 0 Å². The summed E-state index contributed by atoms with van der Waals surface area (Å²) in [6, 6.07) is 0. The number of ether oxygens (including phenoxy) is 2. The molecule has 1 aliphatic carbocycles. The Labute approximate surface area is 109 Å². The summed E-state index contributed by atoms with van der Waals surface area (Å²) >= 11 is 0. The molecule has 5 nitrogen and oxygen atoms in total. The van der Waals surface area contributed by atoms with Gasteiger partial charge in [-0.2, -0.15) is 0 Å². The van der Waals surface area contributed by atoms with Crippen LogP contribution in [0.15, 0.2) is 0 Å². The second-order valence-electron chi connectivity index (χ2n) is 6.78. The molecule has 0 aromatic carbocycles. The van der Waals surface area contributed by atoms with Gasteiger partial charge in [0.05, 0.1) is 6.61 Å². The Morgan fingerprint density at radius 1 is 1.39 bits per heavy atom. The highest BCUT2D eigenvalue weighted by Gasteiger charge is 2.60. The van der Waals surface area contributed by atoms with E-state index < -0.39 is 5.60 Å². The van der Waals surface area contributed by atoms with Crippen LogP contribution in [0.2, 0.25) is 0 Å². The lowest BCUT2D eigenvalue weighted by Crippen LogP contribution is -2.56. The van der Waals surface area contributed by atoms with Crippen LogP contribution in [0.3, 0.4) is 0 Å². The first-order valence-electron chi connectivity index (χ1n) is 6.49. The van der Waals surface area contributed by atoms with Gasteiger partial charge in [0, 0.05) is 31.2 Å². The highest BCUT2D eigenvalue weighted by atomic mass is 16.6. The fourth-order valence-corrected chi connectivity index (χ4v) is 3.21. The number of rotatable bonds is 4. The van der Waals surface area contributed by atoms with Crippen molar-refractivity contribution in [3.05, 3.63) is 0 Å². The van der Waals surface area contributed by atoms with Gasteiger partial charge in [-0.05, 0) is 33.6 Å². The summed E-state index contributed by atoms with van der Waals surface area (Å²) in [5.74, 6) is 0. The first-order valence-corrected chi connectivity index (χ1v) is 6.49. The van der Waals surface area contributed by atoms with Gasteiger partial charge >= 0.3 is 6.09 Å². The number of carbonyl (C=O) groups is 1. The molecule has 18 heavy (non-hydrogen) atoms. The van der Waals surface area contributed by atoms with Gasteiger partial charge in [0.1, 0.15) is 5.60 Å². The zero-order valence-electron chi connectivity index (χ0n) is 11.8. The standard InChI is InChI=1S/C13H24N2O3/c1-11(2,3)18-10(16)14-8-13-5-12(6-13,7-15-13)9-17-4/h15H,5-9H2,1-4H3,(H,14,16). The van der Waals surface area contributed by atoms with Crippen LogP contribution in [-0.4, -0.2) is 44.0 Å². The molecule has 2 heterocycles. The first kappa shape index (κ1) is 13.6. The minimum absolute atomic E-state index is 0.0649. The van der Waals surface area contributed by atoms with Gasteiger partial charge in [-0.3, -0.25) is 0 Å². The van der Waals surface area contributed by atoms with Gasteiger partial charge in [0.15, 0.2) is 0 Å². The third-order valence-electron chi connectivity index (χ3n) is 3.69. The van der Waals surface area contributed by atoms with Crippen molar-refractivity contribution in [2.45, 2.75) is 44.8 Å². The molecular formula is C13H24N2O3. The smallest absolute Gasteiger partial charge is 0.407 e. The van der Waals surface area contributed by atoms with Gasteiger partial charge < -0.3 is 20.1 Å². The molecule has 0 atom stereocenters. The highest BCUT2D eigenvalue weighted by Crippen LogP contribution is 2.53. The van der Waals surface area contributed by atoms with Crippen molar-refractivity contribution in [3.63, 3.8) is 0 Å². The Morgan fingerprint density at radius 2 is 2.06 bits per heavy atom. The van der Waals surface area contributed by atoms with E-state index >= 15 is 0 Å². The van der Waals surface area contributed by atoms with Crippen molar-refractivity contribution in [2.24, 2.45) is 5.41 Å². The molecule has 0 unspecified atom stereocenters. The molecule has 1 amide bonds. The average molecular weight is 256 g/mol. The molecule has 2 saturated heterocycles. The maximum atomic E-state index is 11.6. The summed E-state index contributed by atoms with van der Waals surface area (Å²) in [4.78, 5) is 11.6. The topological polar surface area (TPSA) is 59.6 Å². The van der Waals surface area contributed by atoms with Gasteiger partial charge in [0.2, 0.25) is 0 Å². The number of hydrogen-bond donors (Lipinski definition) is 2. The van der Waals surface area contributed by atoms with E-state index in [-0.39, 0.29) is 11.6 Å². The largest absolute Gasteiger partial charge is 0.444 e. The van der Waals surface area contributed by atoms with E-state index in [0.717, 1.165) is 26.0 Å². The molecule has 0 aromatic heterocycles. The summed E-state index contributed by atoms with van der Waals surface area (Å²) in [5, 5.41) is 6.36. The molecule has 104 valence electrons. The van der Waals surface area contributed by atoms with Crippen molar-refractivity contribution >= 4 is 6.09 Å². The third kappa shape index (κ3) is 2.78. The number of carbonyl (C=O) groups excluding carboxylic acids is 1. The fourth-order valence-electron chi connectivity index (χ4n) is 3.21. The fraction of sp³-hybridized carbons (Fsp3) is 0.923. The molecule has 3 aliphatic rings. The normalized spacial score (nSPS) is 34.0. The lowest BCUT2D eigenvalue weighted by Gasteiger charge is -2.45. The molecule has 2 aliphatic heterocycles. The predicted octanol–water partition coefficient (Wildman–Crippen LogP) is 1.28. The Kier molecular flexibility index (Phi) is 3.32. The van der Waals surface area contributed by atoms with Crippen molar-refractivity contribution in [3.8, 4) is 0 Å². The summed E-state index contributed by atoms with van der Waals surface area (Å²) in [6.07, 6.45) is 1.81. The number of amides is 1. The van der Waals surface area contributed by atoms with Crippen molar-refractivity contribution in [1.82, 2.24) is 10.6 Å². The molecule has 0 radical (unpaired) electrons. The van der Waals surface area contributed by atoms with E-state index in [4.69, 9.17) is 9.47 Å². The van der Waals surface area contributed by atoms with E-state index in [1.54, 1.807) is 7.11 Å². The van der Waals surface area contributed by atoms with E-state index in [1.165, 1.54) is 0 Å². The van der Waals surface area contributed by atoms with Crippen LogP contribution in [0.25, 0.3) is 0 Å². The number of hydrogen-bond acceptors (Lipinski definition) is 4. The SMILES string of the molecule is COCC12CNC(CNC(=O)OC(C)(C)C)(C1)C2. The summed E-state index contributed by atoms with van der Waals surface area (Å²) in [6.45, 7) is 8.02. The Hall–Kier alpha value is -0.810. The van der Waals surface area contributed by atoms with Crippen molar-refractivity contribution in [2.75, 3.05) is 26.8 Å². The minimum Gasteiger partial charge on any atom is -0.444 e. The van der Waals surface area contributed by atoms with Gasteiger partial charge in [-0.15, -0.1) is 0 Å². The number of alkyl carbamates (subject to hydrolysis) is 1. The van der Waals surface area contributed by atoms with Gasteiger partial charge in [-0.1, -0.05) is 0 Å². The molecule has 0 spiro atoms. The summed E-state index contributed by atoms with van der Waals surface area (Å²) < 4.78 is 10.5. The predicted molar refractivity (Wildman–Crippen MR) is 68.5 cm³/mol. The zero-order valence-corrected chi connectivity index (χ0v) is 11.8. The Balaban J connectivity index is 1.75. The summed E-state index contributed by atoms with van der Waals surface area (Å²) in [5.41, 5.74) is -0.0793. The van der Waals surface area contributed by atoms with E-state index in [9.17, 15) is 4.79 Å². The first-order chi connectivity index (χ1) is 8.28. The molecular weight excluding hydrogens is 232 g/mol. The minimum atomic E-state index is -0.440. The number of nitrogens with one attached hydrogen (secondary N) is 2. The second-order valence-corrected chi connectivity index (χ2v) is 6.78. The molecule has 2 N–H and O–H groups in total.